The molecule has 2 aromatic heterocycles. The van der Waals surface area contributed by atoms with E-state index in [1.165, 1.54) is 0 Å². The standard InChI is InChI=1S/C16H16N4O/c1-3-14-19-15(17-2)9-16(20-14)21-12-8-11-6-4-5-7-13(11)18-10-12/h4-10H,3H2,1-2H3,(H,17,19,20). The van der Waals surface area contributed by atoms with Crippen molar-refractivity contribution in [3.8, 4) is 11.6 Å². The summed E-state index contributed by atoms with van der Waals surface area (Å²) in [5.41, 5.74) is 0.942. The number of hydrogen-bond acceptors (Lipinski definition) is 5. The maximum Gasteiger partial charge on any atom is 0.224 e. The van der Waals surface area contributed by atoms with Gasteiger partial charge in [0.15, 0.2) is 0 Å². The van der Waals surface area contributed by atoms with E-state index < -0.39 is 0 Å². The van der Waals surface area contributed by atoms with Crippen molar-refractivity contribution < 1.29 is 4.74 Å². The first-order chi connectivity index (χ1) is 10.3. The zero-order valence-corrected chi connectivity index (χ0v) is 12.0. The van der Waals surface area contributed by atoms with Crippen LogP contribution >= 0.6 is 0 Å². The number of para-hydroxylation sites is 1. The normalized spacial score (nSPS) is 10.6. The van der Waals surface area contributed by atoms with Crippen molar-refractivity contribution in [2.24, 2.45) is 0 Å². The Morgan fingerprint density at radius 2 is 2.00 bits per heavy atom. The molecule has 1 aromatic carbocycles. The average molecular weight is 280 g/mol. The summed E-state index contributed by atoms with van der Waals surface area (Å²) < 4.78 is 5.82. The summed E-state index contributed by atoms with van der Waals surface area (Å²) in [6.07, 6.45) is 2.46. The summed E-state index contributed by atoms with van der Waals surface area (Å²) in [5, 5.41) is 4.05. The fourth-order valence-corrected chi connectivity index (χ4v) is 2.04. The highest BCUT2D eigenvalue weighted by atomic mass is 16.5. The number of nitrogens with zero attached hydrogens (tertiary/aromatic N) is 3. The molecule has 0 saturated carbocycles. The molecule has 0 aliphatic carbocycles. The summed E-state index contributed by atoms with van der Waals surface area (Å²) in [6, 6.07) is 11.6. The smallest absolute Gasteiger partial charge is 0.224 e. The minimum absolute atomic E-state index is 0.517. The van der Waals surface area contributed by atoms with Crippen molar-refractivity contribution in [2.45, 2.75) is 13.3 Å². The van der Waals surface area contributed by atoms with Gasteiger partial charge < -0.3 is 10.1 Å². The quantitative estimate of drug-likeness (QED) is 0.793. The predicted molar refractivity (Wildman–Crippen MR) is 82.8 cm³/mol. The van der Waals surface area contributed by atoms with Crippen LogP contribution in [0.2, 0.25) is 0 Å². The second-order valence-corrected chi connectivity index (χ2v) is 4.58. The second-order valence-electron chi connectivity index (χ2n) is 4.58. The molecular weight excluding hydrogens is 264 g/mol. The average Bonchev–Trinajstić information content (AvgIpc) is 2.54. The third kappa shape index (κ3) is 2.91. The molecule has 21 heavy (non-hydrogen) atoms. The van der Waals surface area contributed by atoms with E-state index in [-0.39, 0.29) is 0 Å². The van der Waals surface area contributed by atoms with Crippen LogP contribution in [0.3, 0.4) is 0 Å². The molecule has 2 heterocycles. The number of ether oxygens (including phenoxy) is 1. The molecule has 5 nitrogen and oxygen atoms in total. The van der Waals surface area contributed by atoms with Gasteiger partial charge in [0.05, 0.1) is 11.7 Å². The van der Waals surface area contributed by atoms with Crippen LogP contribution in [0.25, 0.3) is 10.9 Å². The van der Waals surface area contributed by atoms with Crippen molar-refractivity contribution in [1.82, 2.24) is 15.0 Å². The lowest BCUT2D eigenvalue weighted by atomic mass is 10.2. The number of aromatic nitrogens is 3. The first-order valence-electron chi connectivity index (χ1n) is 6.87. The van der Waals surface area contributed by atoms with E-state index in [1.54, 1.807) is 12.3 Å². The molecule has 1 N–H and O–H groups in total. The van der Waals surface area contributed by atoms with E-state index in [0.717, 1.165) is 29.0 Å². The number of benzene rings is 1. The van der Waals surface area contributed by atoms with Crippen molar-refractivity contribution in [2.75, 3.05) is 12.4 Å². The molecule has 106 valence electrons. The predicted octanol–water partition coefficient (Wildman–Crippen LogP) is 3.42. The van der Waals surface area contributed by atoms with Crippen LogP contribution in [0.1, 0.15) is 12.7 Å². The Labute approximate surface area is 123 Å². The van der Waals surface area contributed by atoms with Gasteiger partial charge >= 0.3 is 0 Å². The Hall–Kier alpha value is -2.69. The lowest BCUT2D eigenvalue weighted by Crippen LogP contribution is -2.01. The molecule has 0 amide bonds. The van der Waals surface area contributed by atoms with Crippen LogP contribution in [-0.4, -0.2) is 22.0 Å². The number of rotatable bonds is 4. The van der Waals surface area contributed by atoms with Crippen LogP contribution in [-0.2, 0) is 6.42 Å². The highest BCUT2D eigenvalue weighted by Gasteiger charge is 2.06. The summed E-state index contributed by atoms with van der Waals surface area (Å²) in [7, 11) is 1.82. The van der Waals surface area contributed by atoms with Crippen molar-refractivity contribution >= 4 is 16.7 Å². The molecule has 0 saturated heterocycles. The van der Waals surface area contributed by atoms with Crippen LogP contribution < -0.4 is 10.1 Å². The third-order valence-electron chi connectivity index (χ3n) is 3.11. The molecule has 0 radical (unpaired) electrons. The minimum atomic E-state index is 0.517. The first kappa shape index (κ1) is 13.3. The number of hydrogen-bond donors (Lipinski definition) is 1. The molecule has 0 spiro atoms. The molecule has 0 bridgehead atoms. The summed E-state index contributed by atoms with van der Waals surface area (Å²) in [4.78, 5) is 13.1. The Balaban J connectivity index is 1.94. The lowest BCUT2D eigenvalue weighted by molar-refractivity contribution is 0.458. The van der Waals surface area contributed by atoms with Gasteiger partial charge in [0.2, 0.25) is 5.88 Å². The van der Waals surface area contributed by atoms with E-state index >= 15 is 0 Å². The van der Waals surface area contributed by atoms with Gasteiger partial charge in [0.1, 0.15) is 17.4 Å². The zero-order chi connectivity index (χ0) is 14.7. The number of nitrogens with one attached hydrogen (secondary N) is 1. The number of fused-ring (bicyclic) bond motifs is 1. The highest BCUT2D eigenvalue weighted by Crippen LogP contribution is 2.24. The zero-order valence-electron chi connectivity index (χ0n) is 12.0. The number of aryl methyl sites for hydroxylation is 1. The Bertz CT molecular complexity index is 751. The van der Waals surface area contributed by atoms with Crippen molar-refractivity contribution in [1.29, 1.82) is 0 Å². The van der Waals surface area contributed by atoms with E-state index in [0.29, 0.717) is 11.6 Å². The van der Waals surface area contributed by atoms with Gasteiger partial charge in [-0.2, -0.15) is 4.98 Å². The van der Waals surface area contributed by atoms with Gasteiger partial charge in [-0.25, -0.2) is 4.98 Å². The second kappa shape index (κ2) is 5.75. The van der Waals surface area contributed by atoms with E-state index in [1.807, 2.05) is 44.3 Å². The fraction of sp³-hybridized carbons (Fsp3) is 0.188. The number of anilines is 1. The minimum Gasteiger partial charge on any atom is -0.437 e. The summed E-state index contributed by atoms with van der Waals surface area (Å²) >= 11 is 0. The van der Waals surface area contributed by atoms with Gasteiger partial charge in [-0.15, -0.1) is 0 Å². The SMILES string of the molecule is CCc1nc(NC)cc(Oc2cnc3ccccc3c2)n1. The molecule has 0 aliphatic rings. The molecule has 3 aromatic rings. The molecule has 0 fully saturated rings. The molecule has 0 unspecified atom stereocenters. The van der Waals surface area contributed by atoms with Crippen LogP contribution in [0, 0.1) is 0 Å². The van der Waals surface area contributed by atoms with Crippen molar-refractivity contribution in [3.05, 3.63) is 48.4 Å². The Kier molecular flexibility index (Phi) is 3.64. The van der Waals surface area contributed by atoms with Gasteiger partial charge in [0.25, 0.3) is 0 Å². The Morgan fingerprint density at radius 1 is 1.14 bits per heavy atom. The van der Waals surface area contributed by atoms with E-state index in [2.05, 4.69) is 20.3 Å². The summed E-state index contributed by atoms with van der Waals surface area (Å²) in [5.74, 6) is 2.66. The lowest BCUT2D eigenvalue weighted by Gasteiger charge is -2.08. The largest absolute Gasteiger partial charge is 0.437 e. The van der Waals surface area contributed by atoms with Gasteiger partial charge in [0, 0.05) is 24.9 Å². The molecule has 0 aliphatic heterocycles. The third-order valence-corrected chi connectivity index (χ3v) is 3.11. The maximum atomic E-state index is 5.82. The topological polar surface area (TPSA) is 59.9 Å². The fourth-order valence-electron chi connectivity index (χ4n) is 2.04. The van der Waals surface area contributed by atoms with Crippen LogP contribution in [0.5, 0.6) is 11.6 Å². The molecule has 0 atom stereocenters. The van der Waals surface area contributed by atoms with Gasteiger partial charge in [-0.05, 0) is 12.1 Å². The Morgan fingerprint density at radius 3 is 2.81 bits per heavy atom. The maximum absolute atomic E-state index is 5.82. The first-order valence-corrected chi connectivity index (χ1v) is 6.87. The molecular formula is C16H16N4O. The highest BCUT2D eigenvalue weighted by molar-refractivity contribution is 5.79. The monoisotopic (exact) mass is 280 g/mol. The van der Waals surface area contributed by atoms with E-state index in [4.69, 9.17) is 4.74 Å². The molecule has 3 rings (SSSR count). The van der Waals surface area contributed by atoms with Crippen molar-refractivity contribution in [3.63, 3.8) is 0 Å². The number of pyridine rings is 1. The van der Waals surface area contributed by atoms with Gasteiger partial charge in [-0.1, -0.05) is 25.1 Å². The summed E-state index contributed by atoms with van der Waals surface area (Å²) in [6.45, 7) is 2.01. The van der Waals surface area contributed by atoms with E-state index in [9.17, 15) is 0 Å². The van der Waals surface area contributed by atoms with Gasteiger partial charge in [-0.3, -0.25) is 4.98 Å². The molecule has 5 heteroatoms. The van der Waals surface area contributed by atoms with Crippen LogP contribution in [0.15, 0.2) is 42.6 Å². The van der Waals surface area contributed by atoms with Crippen LogP contribution in [0.4, 0.5) is 5.82 Å².